The average molecular weight is 435 g/mol. The van der Waals surface area contributed by atoms with E-state index in [-0.39, 0.29) is 11.4 Å². The van der Waals surface area contributed by atoms with E-state index >= 15 is 0 Å². The lowest BCUT2D eigenvalue weighted by atomic mass is 10.1. The molecule has 0 amide bonds. The molecule has 0 aliphatic heterocycles. The maximum absolute atomic E-state index is 12.6. The highest BCUT2D eigenvalue weighted by molar-refractivity contribution is 7.89. The number of hydrogen-bond acceptors (Lipinski definition) is 7. The molecule has 2 aromatic heterocycles. The molecule has 0 bridgehead atoms. The lowest BCUT2D eigenvalue weighted by Gasteiger charge is -2.10. The molecule has 0 saturated carbocycles. The van der Waals surface area contributed by atoms with E-state index in [2.05, 4.69) is 30.3 Å². The number of rotatable bonds is 8. The third kappa shape index (κ3) is 5.33. The van der Waals surface area contributed by atoms with Crippen molar-refractivity contribution in [3.05, 3.63) is 78.8 Å². The summed E-state index contributed by atoms with van der Waals surface area (Å²) >= 11 is 0. The molecule has 0 aliphatic carbocycles. The molecular weight excluding hydrogens is 412 g/mol. The molecule has 2 heterocycles. The van der Waals surface area contributed by atoms with E-state index in [1.165, 1.54) is 6.33 Å². The molecule has 4 aromatic rings. The molecule has 0 unspecified atom stereocenters. The van der Waals surface area contributed by atoms with Gasteiger partial charge in [0.2, 0.25) is 10.0 Å². The number of nitrogens with zero attached hydrogens (tertiary/aromatic N) is 3. The lowest BCUT2D eigenvalue weighted by molar-refractivity contribution is 0.583. The number of aromatic nitrogens is 3. The van der Waals surface area contributed by atoms with Crippen molar-refractivity contribution in [1.82, 2.24) is 19.7 Å². The number of sulfonamides is 1. The fourth-order valence-corrected chi connectivity index (χ4v) is 4.12. The van der Waals surface area contributed by atoms with Crippen LogP contribution in [0.2, 0.25) is 0 Å². The minimum atomic E-state index is -3.60. The van der Waals surface area contributed by atoms with Crippen LogP contribution < -0.4 is 15.4 Å². The Labute approximate surface area is 180 Å². The van der Waals surface area contributed by atoms with Crippen LogP contribution in [0.15, 0.2) is 78.1 Å². The van der Waals surface area contributed by atoms with Gasteiger partial charge in [-0.15, -0.1) is 0 Å². The highest BCUT2D eigenvalue weighted by Crippen LogP contribution is 2.19. The van der Waals surface area contributed by atoms with E-state index < -0.39 is 10.0 Å². The van der Waals surface area contributed by atoms with Gasteiger partial charge in [-0.1, -0.05) is 30.3 Å². The Morgan fingerprint density at radius 1 is 0.806 bits per heavy atom. The van der Waals surface area contributed by atoms with Crippen LogP contribution in [0.5, 0.6) is 0 Å². The summed E-state index contributed by atoms with van der Waals surface area (Å²) in [5.74, 6) is 1.86. The predicted octanol–water partition coefficient (Wildman–Crippen LogP) is 3.47. The molecule has 0 aliphatic rings. The van der Waals surface area contributed by atoms with Gasteiger partial charge < -0.3 is 10.6 Å². The second-order valence-corrected chi connectivity index (χ2v) is 8.73. The predicted molar refractivity (Wildman–Crippen MR) is 122 cm³/mol. The largest absolute Gasteiger partial charge is 0.369 e. The van der Waals surface area contributed by atoms with Crippen LogP contribution in [0.1, 0.15) is 5.56 Å². The van der Waals surface area contributed by atoms with Gasteiger partial charge in [0.25, 0.3) is 0 Å². The highest BCUT2D eigenvalue weighted by atomic mass is 32.2. The van der Waals surface area contributed by atoms with E-state index in [9.17, 15) is 8.42 Å². The zero-order chi connectivity index (χ0) is 21.7. The van der Waals surface area contributed by atoms with Crippen LogP contribution >= 0.6 is 0 Å². The van der Waals surface area contributed by atoms with Gasteiger partial charge in [-0.3, -0.25) is 0 Å². The number of pyridine rings is 1. The van der Waals surface area contributed by atoms with E-state index in [4.69, 9.17) is 0 Å². The monoisotopic (exact) mass is 434 g/mol. The lowest BCUT2D eigenvalue weighted by Crippen LogP contribution is -2.29. The standard InChI is InChI=1S/C22H22N6O2S/c1-16-8-9-23-21(12-16)28-22-14-20(25-15-26-22)24-10-11-27-31(29,30)19-7-6-17-4-2-3-5-18(17)13-19/h2-9,12-15,27H,10-11H2,1H3,(H2,23,24,25,26,28). The van der Waals surface area contributed by atoms with Crippen molar-refractivity contribution in [2.45, 2.75) is 11.8 Å². The van der Waals surface area contributed by atoms with Gasteiger partial charge in [0.05, 0.1) is 4.90 Å². The molecule has 0 fully saturated rings. The third-order valence-electron chi connectivity index (χ3n) is 4.59. The summed E-state index contributed by atoms with van der Waals surface area (Å²) in [6, 6.07) is 18.3. The van der Waals surface area contributed by atoms with Crippen molar-refractivity contribution in [2.75, 3.05) is 23.7 Å². The molecule has 0 atom stereocenters. The average Bonchev–Trinajstić information content (AvgIpc) is 2.77. The van der Waals surface area contributed by atoms with Gasteiger partial charge in [-0.25, -0.2) is 28.1 Å². The SMILES string of the molecule is Cc1ccnc(Nc2cc(NCCNS(=O)(=O)c3ccc4ccccc4c3)ncn2)c1. The summed E-state index contributed by atoms with van der Waals surface area (Å²) in [6.45, 7) is 2.56. The summed E-state index contributed by atoms with van der Waals surface area (Å²) in [5, 5.41) is 8.10. The van der Waals surface area contributed by atoms with Gasteiger partial charge in [-0.2, -0.15) is 0 Å². The van der Waals surface area contributed by atoms with E-state index in [0.29, 0.717) is 24.0 Å². The molecule has 2 aromatic carbocycles. The Bertz CT molecular complexity index is 1310. The second kappa shape index (κ2) is 9.07. The zero-order valence-electron chi connectivity index (χ0n) is 16.9. The highest BCUT2D eigenvalue weighted by Gasteiger charge is 2.13. The number of anilines is 3. The van der Waals surface area contributed by atoms with E-state index in [1.54, 1.807) is 30.5 Å². The normalized spacial score (nSPS) is 11.4. The number of aryl methyl sites for hydroxylation is 1. The van der Waals surface area contributed by atoms with Crippen LogP contribution in [0.3, 0.4) is 0 Å². The van der Waals surface area contributed by atoms with Crippen LogP contribution in [-0.4, -0.2) is 36.5 Å². The molecule has 8 nitrogen and oxygen atoms in total. The van der Waals surface area contributed by atoms with Crippen molar-refractivity contribution >= 4 is 38.2 Å². The first-order valence-electron chi connectivity index (χ1n) is 9.74. The molecule has 9 heteroatoms. The first kappa shape index (κ1) is 20.7. The van der Waals surface area contributed by atoms with Crippen LogP contribution in [0.4, 0.5) is 17.5 Å². The molecule has 158 valence electrons. The maximum Gasteiger partial charge on any atom is 0.240 e. The number of fused-ring (bicyclic) bond motifs is 1. The molecular formula is C22H22N6O2S. The topological polar surface area (TPSA) is 109 Å². The van der Waals surface area contributed by atoms with Gasteiger partial charge >= 0.3 is 0 Å². The van der Waals surface area contributed by atoms with Crippen LogP contribution in [0.25, 0.3) is 10.8 Å². The minimum absolute atomic E-state index is 0.210. The summed E-state index contributed by atoms with van der Waals surface area (Å²) in [7, 11) is -3.60. The number of benzene rings is 2. The van der Waals surface area contributed by atoms with Crippen molar-refractivity contribution in [1.29, 1.82) is 0 Å². The van der Waals surface area contributed by atoms with E-state index in [0.717, 1.165) is 16.3 Å². The summed E-state index contributed by atoms with van der Waals surface area (Å²) in [6.07, 6.45) is 3.15. The Kier molecular flexibility index (Phi) is 6.06. The molecule has 3 N–H and O–H groups in total. The van der Waals surface area contributed by atoms with Crippen LogP contribution in [-0.2, 0) is 10.0 Å². The zero-order valence-corrected chi connectivity index (χ0v) is 17.7. The summed E-state index contributed by atoms with van der Waals surface area (Å²) < 4.78 is 27.8. The Balaban J connectivity index is 1.33. The first-order chi connectivity index (χ1) is 15.0. The van der Waals surface area contributed by atoms with Gasteiger partial charge in [0, 0.05) is 25.4 Å². The van der Waals surface area contributed by atoms with Crippen molar-refractivity contribution in [3.8, 4) is 0 Å². The first-order valence-corrected chi connectivity index (χ1v) is 11.2. The van der Waals surface area contributed by atoms with Gasteiger partial charge in [-0.05, 0) is 47.5 Å². The molecule has 0 radical (unpaired) electrons. The van der Waals surface area contributed by atoms with Crippen molar-refractivity contribution in [3.63, 3.8) is 0 Å². The van der Waals surface area contributed by atoms with Crippen molar-refractivity contribution < 1.29 is 8.42 Å². The summed E-state index contributed by atoms with van der Waals surface area (Å²) in [5.41, 5.74) is 1.09. The Hall–Kier alpha value is -3.56. The molecule has 31 heavy (non-hydrogen) atoms. The quantitative estimate of drug-likeness (QED) is 0.364. The maximum atomic E-state index is 12.6. The Morgan fingerprint density at radius 2 is 1.58 bits per heavy atom. The number of nitrogens with one attached hydrogen (secondary N) is 3. The third-order valence-corrected chi connectivity index (χ3v) is 6.05. The second-order valence-electron chi connectivity index (χ2n) is 6.97. The van der Waals surface area contributed by atoms with Crippen molar-refractivity contribution in [2.24, 2.45) is 0 Å². The molecule has 4 rings (SSSR count). The van der Waals surface area contributed by atoms with Gasteiger partial charge in [0.15, 0.2) is 0 Å². The fraction of sp³-hybridized carbons (Fsp3) is 0.136. The van der Waals surface area contributed by atoms with Gasteiger partial charge in [0.1, 0.15) is 23.8 Å². The molecule has 0 spiro atoms. The molecule has 0 saturated heterocycles. The van der Waals surface area contributed by atoms with Crippen LogP contribution in [0, 0.1) is 6.92 Å². The smallest absolute Gasteiger partial charge is 0.240 e. The minimum Gasteiger partial charge on any atom is -0.369 e. The summed E-state index contributed by atoms with van der Waals surface area (Å²) in [4.78, 5) is 12.8. The Morgan fingerprint density at radius 3 is 2.42 bits per heavy atom. The number of hydrogen-bond donors (Lipinski definition) is 3. The van der Waals surface area contributed by atoms with E-state index in [1.807, 2.05) is 43.3 Å². The fourth-order valence-electron chi connectivity index (χ4n) is 3.05.